The highest BCUT2D eigenvalue weighted by molar-refractivity contribution is 7.15. The van der Waals surface area contributed by atoms with Gasteiger partial charge in [0.2, 0.25) is 6.36 Å². The van der Waals surface area contributed by atoms with Crippen molar-refractivity contribution in [3.05, 3.63) is 35.3 Å². The van der Waals surface area contributed by atoms with Gasteiger partial charge >= 0.3 is 5.97 Å². The lowest BCUT2D eigenvalue weighted by Gasteiger charge is -2.43. The van der Waals surface area contributed by atoms with E-state index in [1.165, 1.54) is 25.4 Å². The number of likely N-dealkylation sites (tertiary alicyclic amines) is 1. The third-order valence-corrected chi connectivity index (χ3v) is 7.54. The number of esters is 1. The largest absolute Gasteiger partial charge is 0.467 e. The normalized spacial score (nSPS) is 22.9. The molecule has 2 fully saturated rings. The summed E-state index contributed by atoms with van der Waals surface area (Å²) in [6, 6.07) is 7.31. The average molecular weight is 625 g/mol. The van der Waals surface area contributed by atoms with Gasteiger partial charge in [-0.2, -0.15) is 0 Å². The van der Waals surface area contributed by atoms with Crippen molar-refractivity contribution < 1.29 is 32.9 Å². The van der Waals surface area contributed by atoms with Gasteiger partial charge in [-0.1, -0.05) is 53.7 Å². The molecule has 0 spiro atoms. The number of hydrogen-bond donors (Lipinski definition) is 0. The van der Waals surface area contributed by atoms with Gasteiger partial charge in [0, 0.05) is 44.2 Å². The van der Waals surface area contributed by atoms with Crippen LogP contribution in [0.2, 0.25) is 0 Å². The number of aromatic nitrogens is 1. The molecule has 8 nitrogen and oxygen atoms in total. The molecular weight excluding hydrogens is 571 g/mol. The number of rotatable bonds is 11. The predicted octanol–water partition coefficient (Wildman–Crippen LogP) is 7.51. The van der Waals surface area contributed by atoms with E-state index < -0.39 is 12.0 Å². The number of methoxy groups -OCH3 is 1. The lowest BCUT2D eigenvalue weighted by molar-refractivity contribution is -0.197. The molecule has 244 valence electrons. The van der Waals surface area contributed by atoms with Crippen molar-refractivity contribution in [2.75, 3.05) is 40.0 Å². The average Bonchev–Trinajstić information content (AvgIpc) is 3.44. The minimum absolute atomic E-state index is 0.197. The van der Waals surface area contributed by atoms with Crippen LogP contribution in [-0.4, -0.2) is 74.1 Å². The van der Waals surface area contributed by atoms with Gasteiger partial charge in [-0.15, -0.1) is 11.3 Å². The van der Waals surface area contributed by atoms with Gasteiger partial charge in [0.15, 0.2) is 11.9 Å². The van der Waals surface area contributed by atoms with Crippen LogP contribution in [0.3, 0.4) is 0 Å². The second kappa shape index (κ2) is 19.3. The van der Waals surface area contributed by atoms with Crippen molar-refractivity contribution in [2.24, 2.45) is 11.8 Å². The zero-order valence-corrected chi connectivity index (χ0v) is 28.2. The number of carbonyl (C=O) groups excluding carboxylic acids is 1. The Morgan fingerprint density at radius 3 is 2.56 bits per heavy atom. The molecule has 10 heteroatoms. The third kappa shape index (κ3) is 12.4. The Hall–Kier alpha value is -2.11. The summed E-state index contributed by atoms with van der Waals surface area (Å²) in [4.78, 5) is 20.8. The second-order valence-corrected chi connectivity index (χ2v) is 12.6. The number of halogens is 1. The number of ether oxygens (including phenoxy) is 5. The van der Waals surface area contributed by atoms with Gasteiger partial charge in [-0.25, -0.2) is 14.2 Å². The van der Waals surface area contributed by atoms with Gasteiger partial charge in [-0.3, -0.25) is 4.90 Å². The summed E-state index contributed by atoms with van der Waals surface area (Å²) in [6.07, 6.45) is 3.84. The molecule has 43 heavy (non-hydrogen) atoms. The molecule has 2 aliphatic heterocycles. The van der Waals surface area contributed by atoms with Gasteiger partial charge in [-0.05, 0) is 49.7 Å². The molecule has 1 aromatic heterocycles. The van der Waals surface area contributed by atoms with Crippen LogP contribution in [0, 0.1) is 11.8 Å². The summed E-state index contributed by atoms with van der Waals surface area (Å²) in [5.74, 6) is 1.15. The number of hydrogen-bond acceptors (Lipinski definition) is 9. The van der Waals surface area contributed by atoms with Crippen LogP contribution < -0.4 is 4.74 Å². The fraction of sp³-hybridized carbons (Fsp3) is 0.697. The van der Waals surface area contributed by atoms with Gasteiger partial charge < -0.3 is 23.7 Å². The Bertz CT molecular complexity index is 1060. The first-order valence-electron chi connectivity index (χ1n) is 15.6. The zero-order valence-electron chi connectivity index (χ0n) is 27.4. The Morgan fingerprint density at radius 2 is 1.91 bits per heavy atom. The smallest absolute Gasteiger partial charge is 0.339 e. The van der Waals surface area contributed by atoms with Crippen LogP contribution in [0.1, 0.15) is 79.0 Å². The summed E-state index contributed by atoms with van der Waals surface area (Å²) < 4.78 is 41.6. The quantitative estimate of drug-likeness (QED) is 0.188. The summed E-state index contributed by atoms with van der Waals surface area (Å²) in [5.41, 5.74) is -0.307. The van der Waals surface area contributed by atoms with E-state index in [0.29, 0.717) is 31.9 Å². The van der Waals surface area contributed by atoms with E-state index >= 15 is 0 Å². The highest BCUT2D eigenvalue weighted by Gasteiger charge is 2.47. The molecule has 3 heterocycles. The third-order valence-electron chi connectivity index (χ3n) is 6.53. The van der Waals surface area contributed by atoms with Crippen LogP contribution in [0.15, 0.2) is 30.5 Å². The molecule has 0 amide bonds. The maximum absolute atomic E-state index is 13.5. The van der Waals surface area contributed by atoms with Crippen LogP contribution >= 0.6 is 11.3 Å². The van der Waals surface area contributed by atoms with Crippen molar-refractivity contribution in [1.82, 2.24) is 9.88 Å². The van der Waals surface area contributed by atoms with Crippen LogP contribution in [0.5, 0.6) is 5.75 Å². The van der Waals surface area contributed by atoms with Crippen molar-refractivity contribution in [1.29, 1.82) is 0 Å². The topological polar surface area (TPSA) is 79.4 Å². The standard InChI is InChI=1S/C27H37FN2O6S.C4H10.C2H6/c1-19-14-27(26(31)32-3,35-13-12-34-24-10-6-7-11-33-24)18-30(16-19)17-21-15-29-25(37-21)22-8-4-5-9-23(22)36-20(2)28;1-4(2)3;1-2/h4-5,8-9,15,19-20,24H,6-7,10-14,16-18H2,1-3H3;4H,1-3H3;1-2H3/t19-,20?,24?,27+;;/m1../s1. The van der Waals surface area contributed by atoms with Crippen molar-refractivity contribution >= 4 is 17.3 Å². The molecule has 1 aromatic carbocycles. The van der Waals surface area contributed by atoms with E-state index in [2.05, 4.69) is 37.6 Å². The van der Waals surface area contributed by atoms with Crippen LogP contribution in [-0.2, 0) is 30.3 Å². The van der Waals surface area contributed by atoms with E-state index in [4.69, 9.17) is 23.7 Å². The van der Waals surface area contributed by atoms with Crippen LogP contribution in [0.25, 0.3) is 10.6 Å². The molecule has 0 aliphatic carbocycles. The summed E-state index contributed by atoms with van der Waals surface area (Å²) >= 11 is 1.53. The molecule has 2 aliphatic rings. The van der Waals surface area contributed by atoms with E-state index in [1.54, 1.807) is 6.07 Å². The molecule has 2 unspecified atom stereocenters. The number of benzene rings is 1. The fourth-order valence-electron chi connectivity index (χ4n) is 5.08. The number of para-hydroxylation sites is 1. The Morgan fingerprint density at radius 1 is 1.19 bits per heavy atom. The van der Waals surface area contributed by atoms with Gasteiger partial charge in [0.05, 0.1) is 25.9 Å². The predicted molar refractivity (Wildman–Crippen MR) is 170 cm³/mol. The molecule has 2 saturated heterocycles. The molecule has 0 saturated carbocycles. The first kappa shape index (κ1) is 37.1. The molecular formula is C33H53FN2O6S. The first-order valence-corrected chi connectivity index (χ1v) is 16.5. The summed E-state index contributed by atoms with van der Waals surface area (Å²) in [7, 11) is 1.40. The van der Waals surface area contributed by atoms with E-state index in [9.17, 15) is 9.18 Å². The Labute approximate surface area is 262 Å². The molecule has 0 radical (unpaired) electrons. The maximum Gasteiger partial charge on any atom is 0.339 e. The minimum atomic E-state index is -1.41. The molecule has 0 N–H and O–H groups in total. The van der Waals surface area contributed by atoms with E-state index in [0.717, 1.165) is 53.8 Å². The summed E-state index contributed by atoms with van der Waals surface area (Å²) in [6.45, 7) is 17.2. The number of nitrogens with zero attached hydrogens (tertiary/aromatic N) is 2. The molecule has 4 rings (SSSR count). The minimum Gasteiger partial charge on any atom is -0.467 e. The molecule has 2 aromatic rings. The van der Waals surface area contributed by atoms with E-state index in [1.807, 2.05) is 38.2 Å². The Balaban J connectivity index is 0.000000993. The highest BCUT2D eigenvalue weighted by Crippen LogP contribution is 2.36. The van der Waals surface area contributed by atoms with Crippen LogP contribution in [0.4, 0.5) is 4.39 Å². The molecule has 4 atom stereocenters. The lowest BCUT2D eigenvalue weighted by atomic mass is 9.86. The van der Waals surface area contributed by atoms with Crippen molar-refractivity contribution in [3.8, 4) is 16.3 Å². The van der Waals surface area contributed by atoms with E-state index in [-0.39, 0.29) is 24.8 Å². The van der Waals surface area contributed by atoms with Gasteiger partial charge in [0.1, 0.15) is 10.8 Å². The number of alkyl halides is 1. The maximum atomic E-state index is 13.5. The van der Waals surface area contributed by atoms with Gasteiger partial charge in [0.25, 0.3) is 0 Å². The Kier molecular flexibility index (Phi) is 16.7. The monoisotopic (exact) mass is 624 g/mol. The highest BCUT2D eigenvalue weighted by atomic mass is 32.1. The molecule has 0 bridgehead atoms. The fourth-order valence-corrected chi connectivity index (χ4v) is 6.07. The number of piperidine rings is 1. The van der Waals surface area contributed by atoms with Crippen molar-refractivity contribution in [3.63, 3.8) is 0 Å². The lowest BCUT2D eigenvalue weighted by Crippen LogP contribution is -2.57. The second-order valence-electron chi connectivity index (χ2n) is 11.5. The van der Waals surface area contributed by atoms with Crippen molar-refractivity contribution in [2.45, 2.75) is 98.9 Å². The summed E-state index contributed by atoms with van der Waals surface area (Å²) in [5, 5.41) is 0.758. The number of thiazole rings is 1. The zero-order chi connectivity index (χ0) is 31.8. The SMILES string of the molecule is CC.CC(C)C.COC(=O)[C@]1(OCCOC2CCCCO2)C[C@@H](C)CN(Cc2cnc(-c3ccccc3OC(C)F)s2)C1. The number of carbonyl (C=O) groups is 1. The first-order chi connectivity index (χ1) is 20.6.